The van der Waals surface area contributed by atoms with Gasteiger partial charge in [-0.3, -0.25) is 5.10 Å². The van der Waals surface area contributed by atoms with Gasteiger partial charge in [0.15, 0.2) is 11.9 Å². The number of nitrogens with one attached hydrogen (secondary N) is 1. The molecular weight excluding hydrogens is 229 g/mol. The van der Waals surface area contributed by atoms with Crippen molar-refractivity contribution in [2.75, 3.05) is 0 Å². The predicted molar refractivity (Wildman–Crippen MR) is 44.3 cm³/mol. The van der Waals surface area contributed by atoms with E-state index in [1.807, 2.05) is 0 Å². The molecule has 1 atom stereocenters. The number of carboxylic acid groups (broad SMARTS) is 1. The number of fused-ring (bicyclic) bond motifs is 1. The molecule has 0 amide bonds. The number of ether oxygens (including phenoxy) is 1. The first kappa shape index (κ1) is 10.8. The van der Waals surface area contributed by atoms with Crippen LogP contribution in [0.5, 0.6) is 5.75 Å². The molecule has 2 rings (SSSR count). The molecule has 0 radical (unpaired) electrons. The summed E-state index contributed by atoms with van der Waals surface area (Å²) in [5.41, 5.74) is -0.221. The fourth-order valence-corrected chi connectivity index (χ4v) is 1.52. The number of aryl methyl sites for hydroxylation is 1. The Balaban J connectivity index is 2.31. The van der Waals surface area contributed by atoms with Crippen molar-refractivity contribution in [1.82, 2.24) is 10.2 Å². The second-order valence-electron chi connectivity index (χ2n) is 3.37. The van der Waals surface area contributed by atoms with Crippen LogP contribution in [0.2, 0.25) is 0 Å². The van der Waals surface area contributed by atoms with E-state index < -0.39 is 23.9 Å². The van der Waals surface area contributed by atoms with Gasteiger partial charge in [-0.05, 0) is 12.8 Å². The second kappa shape index (κ2) is 3.39. The van der Waals surface area contributed by atoms with E-state index in [1.165, 1.54) is 0 Å². The maximum atomic E-state index is 12.4. The van der Waals surface area contributed by atoms with Crippen LogP contribution in [0, 0.1) is 0 Å². The van der Waals surface area contributed by atoms with Crippen molar-refractivity contribution >= 4 is 5.97 Å². The molecule has 5 nitrogen and oxygen atoms in total. The smallest absolute Gasteiger partial charge is 0.425 e. The lowest BCUT2D eigenvalue weighted by molar-refractivity contribution is -0.199. The number of hydrogen-bond acceptors (Lipinski definition) is 3. The Labute approximate surface area is 87.2 Å². The number of aromatic carboxylic acids is 1. The molecule has 2 N–H and O–H groups in total. The molecule has 2 heterocycles. The zero-order valence-electron chi connectivity index (χ0n) is 7.84. The maximum Gasteiger partial charge on any atom is 0.425 e. The molecule has 1 unspecified atom stereocenters. The van der Waals surface area contributed by atoms with E-state index in [-0.39, 0.29) is 24.3 Å². The highest BCUT2D eigenvalue weighted by Gasteiger charge is 2.45. The average molecular weight is 236 g/mol. The Hall–Kier alpha value is -1.73. The zero-order valence-corrected chi connectivity index (χ0v) is 7.84. The topological polar surface area (TPSA) is 75.2 Å². The lowest BCUT2D eigenvalue weighted by atomic mass is 10.1. The third-order valence-corrected chi connectivity index (χ3v) is 2.28. The summed E-state index contributed by atoms with van der Waals surface area (Å²) in [4.78, 5) is 10.6. The number of aromatic nitrogens is 2. The van der Waals surface area contributed by atoms with Gasteiger partial charge >= 0.3 is 12.1 Å². The number of carbonyl (C=O) groups is 1. The monoisotopic (exact) mass is 236 g/mol. The number of H-pyrrole nitrogens is 1. The van der Waals surface area contributed by atoms with Crippen LogP contribution in [-0.4, -0.2) is 33.6 Å². The number of nitrogens with zero attached hydrogens (tertiary/aromatic N) is 1. The van der Waals surface area contributed by atoms with Gasteiger partial charge in [0.2, 0.25) is 5.69 Å². The SMILES string of the molecule is O=C(O)c1n[nH]c2c1OC(C(F)(F)F)CC2. The number of alkyl halides is 3. The highest BCUT2D eigenvalue weighted by molar-refractivity contribution is 5.89. The Bertz CT molecular complexity index is 427. The van der Waals surface area contributed by atoms with Crippen LogP contribution in [0.4, 0.5) is 13.2 Å². The number of rotatable bonds is 1. The van der Waals surface area contributed by atoms with Crippen LogP contribution in [0.15, 0.2) is 0 Å². The summed E-state index contributed by atoms with van der Waals surface area (Å²) in [6.07, 6.45) is -6.63. The van der Waals surface area contributed by atoms with Crippen LogP contribution in [-0.2, 0) is 6.42 Å². The van der Waals surface area contributed by atoms with Gasteiger partial charge < -0.3 is 9.84 Å². The molecule has 1 aromatic heterocycles. The fourth-order valence-electron chi connectivity index (χ4n) is 1.52. The van der Waals surface area contributed by atoms with E-state index in [4.69, 9.17) is 5.11 Å². The Morgan fingerprint density at radius 1 is 1.56 bits per heavy atom. The van der Waals surface area contributed by atoms with Gasteiger partial charge in [-0.1, -0.05) is 0 Å². The summed E-state index contributed by atoms with van der Waals surface area (Å²) >= 11 is 0. The van der Waals surface area contributed by atoms with Gasteiger partial charge in [-0.25, -0.2) is 4.79 Å². The normalized spacial score (nSPS) is 20.1. The molecule has 1 aromatic rings. The predicted octanol–water partition coefficient (Wildman–Crippen LogP) is 1.36. The molecule has 8 heteroatoms. The quantitative estimate of drug-likeness (QED) is 0.772. The molecule has 0 aliphatic carbocycles. The van der Waals surface area contributed by atoms with E-state index in [1.54, 1.807) is 0 Å². The molecule has 1 aliphatic heterocycles. The van der Waals surface area contributed by atoms with Crippen molar-refractivity contribution in [3.05, 3.63) is 11.4 Å². The number of aromatic amines is 1. The van der Waals surface area contributed by atoms with Crippen molar-refractivity contribution in [3.8, 4) is 5.75 Å². The highest BCUT2D eigenvalue weighted by atomic mass is 19.4. The van der Waals surface area contributed by atoms with Crippen LogP contribution >= 0.6 is 0 Å². The standard InChI is InChI=1S/C8H7F3N2O3/c9-8(10,11)4-2-1-3-6(16-4)5(7(14)15)13-12-3/h4H,1-2H2,(H,12,13)(H,14,15). The number of hydrogen-bond donors (Lipinski definition) is 2. The van der Waals surface area contributed by atoms with E-state index in [0.717, 1.165) is 0 Å². The van der Waals surface area contributed by atoms with Crippen molar-refractivity contribution in [2.24, 2.45) is 0 Å². The first-order chi connectivity index (χ1) is 7.39. The average Bonchev–Trinajstić information content (AvgIpc) is 2.58. The van der Waals surface area contributed by atoms with Gasteiger partial charge in [-0.15, -0.1) is 0 Å². The van der Waals surface area contributed by atoms with Gasteiger partial charge in [0.25, 0.3) is 0 Å². The van der Waals surface area contributed by atoms with E-state index >= 15 is 0 Å². The molecule has 0 saturated carbocycles. The Morgan fingerprint density at radius 3 is 2.81 bits per heavy atom. The molecule has 0 fully saturated rings. The van der Waals surface area contributed by atoms with Crippen LogP contribution in [0.1, 0.15) is 22.6 Å². The highest BCUT2D eigenvalue weighted by Crippen LogP contribution is 2.35. The fraction of sp³-hybridized carbons (Fsp3) is 0.500. The van der Waals surface area contributed by atoms with Gasteiger partial charge in [-0.2, -0.15) is 18.3 Å². The molecule has 1 aliphatic rings. The molecule has 0 bridgehead atoms. The third kappa shape index (κ3) is 1.70. The summed E-state index contributed by atoms with van der Waals surface area (Å²) in [5.74, 6) is -1.72. The molecule has 0 aromatic carbocycles. The largest absolute Gasteiger partial charge is 0.476 e. The van der Waals surface area contributed by atoms with Crippen molar-refractivity contribution in [2.45, 2.75) is 25.1 Å². The van der Waals surface area contributed by atoms with Gasteiger partial charge in [0.05, 0.1) is 5.69 Å². The van der Waals surface area contributed by atoms with E-state index in [9.17, 15) is 18.0 Å². The summed E-state index contributed by atoms with van der Waals surface area (Å²) in [7, 11) is 0. The van der Waals surface area contributed by atoms with E-state index in [0.29, 0.717) is 0 Å². The lowest BCUT2D eigenvalue weighted by Crippen LogP contribution is -2.37. The molecule has 88 valence electrons. The molecule has 0 saturated heterocycles. The number of carboxylic acids is 1. The first-order valence-electron chi connectivity index (χ1n) is 4.43. The first-order valence-corrected chi connectivity index (χ1v) is 4.43. The van der Waals surface area contributed by atoms with Crippen molar-refractivity contribution in [1.29, 1.82) is 0 Å². The summed E-state index contributed by atoms with van der Waals surface area (Å²) < 4.78 is 41.7. The molecular formula is C8H7F3N2O3. The third-order valence-electron chi connectivity index (χ3n) is 2.28. The maximum absolute atomic E-state index is 12.4. The van der Waals surface area contributed by atoms with Crippen molar-refractivity contribution in [3.63, 3.8) is 0 Å². The number of halogens is 3. The zero-order chi connectivity index (χ0) is 11.9. The minimum absolute atomic E-state index is 0.0692. The van der Waals surface area contributed by atoms with Crippen LogP contribution < -0.4 is 4.74 Å². The van der Waals surface area contributed by atoms with Crippen LogP contribution in [0.25, 0.3) is 0 Å². The molecule has 0 spiro atoms. The van der Waals surface area contributed by atoms with E-state index in [2.05, 4.69) is 14.9 Å². The minimum atomic E-state index is -4.50. The Morgan fingerprint density at radius 2 is 2.25 bits per heavy atom. The second-order valence-corrected chi connectivity index (χ2v) is 3.37. The minimum Gasteiger partial charge on any atom is -0.476 e. The summed E-state index contributed by atoms with van der Waals surface area (Å²) in [6.45, 7) is 0. The summed E-state index contributed by atoms with van der Waals surface area (Å²) in [5, 5.41) is 14.4. The van der Waals surface area contributed by atoms with Gasteiger partial charge in [0, 0.05) is 0 Å². The van der Waals surface area contributed by atoms with Gasteiger partial charge in [0.1, 0.15) is 0 Å². The summed E-state index contributed by atoms with van der Waals surface area (Å²) in [6, 6.07) is 0. The molecule has 16 heavy (non-hydrogen) atoms. The lowest BCUT2D eigenvalue weighted by Gasteiger charge is -2.25. The van der Waals surface area contributed by atoms with Crippen LogP contribution in [0.3, 0.4) is 0 Å². The Kier molecular flexibility index (Phi) is 2.28. The van der Waals surface area contributed by atoms with Crippen molar-refractivity contribution < 1.29 is 27.8 Å².